The Morgan fingerprint density at radius 2 is 2.00 bits per heavy atom. The van der Waals surface area contributed by atoms with Crippen LogP contribution in [-0.2, 0) is 23.2 Å². The molecule has 1 saturated carbocycles. The molecule has 0 bridgehead atoms. The van der Waals surface area contributed by atoms with Crippen LogP contribution in [-0.4, -0.2) is 48.5 Å². The second kappa shape index (κ2) is 5.09. The van der Waals surface area contributed by atoms with E-state index in [0.29, 0.717) is 18.7 Å². The molecule has 1 aliphatic heterocycles. The molecule has 1 saturated heterocycles. The summed E-state index contributed by atoms with van der Waals surface area (Å²) >= 11 is 0. The average molecular weight is 292 g/mol. The number of nitrogens with one attached hydrogen (secondary N) is 1. The second-order valence-corrected chi connectivity index (χ2v) is 5.94. The highest BCUT2D eigenvalue weighted by Gasteiger charge is 2.49. The summed E-state index contributed by atoms with van der Waals surface area (Å²) in [6.45, 7) is 1.96. The zero-order chi connectivity index (χ0) is 15.0. The lowest BCUT2D eigenvalue weighted by Crippen LogP contribution is -2.69. The zero-order valence-electron chi connectivity index (χ0n) is 12.4. The van der Waals surface area contributed by atoms with Gasteiger partial charge in [0.1, 0.15) is 11.6 Å². The van der Waals surface area contributed by atoms with Crippen molar-refractivity contribution >= 4 is 11.8 Å². The summed E-state index contributed by atoms with van der Waals surface area (Å²) in [5, 5.41) is 14.7. The number of hydrogen-bond donors (Lipinski definition) is 1. The molecule has 1 aromatic rings. The fourth-order valence-electron chi connectivity index (χ4n) is 3.23. The molecule has 1 unspecified atom stereocenters. The van der Waals surface area contributed by atoms with E-state index >= 15 is 0 Å². The fraction of sp³-hybridized carbons (Fsp3) is 0.769. The third-order valence-corrected chi connectivity index (χ3v) is 4.45. The third kappa shape index (κ3) is 2.38. The predicted octanol–water partition coefficient (Wildman–Crippen LogP) is -0.240. The molecule has 1 atom stereocenters. The minimum Gasteiger partial charge on any atom is -0.340 e. The van der Waals surface area contributed by atoms with Crippen molar-refractivity contribution in [3.63, 3.8) is 0 Å². The molecule has 8 nitrogen and oxygen atoms in total. The van der Waals surface area contributed by atoms with E-state index in [1.54, 1.807) is 18.9 Å². The monoisotopic (exact) mass is 292 g/mol. The molecule has 1 spiro atoms. The first kappa shape index (κ1) is 14.0. The number of tetrazole rings is 1. The van der Waals surface area contributed by atoms with Crippen LogP contribution in [0.15, 0.2) is 0 Å². The van der Waals surface area contributed by atoms with E-state index in [2.05, 4.69) is 20.7 Å². The lowest BCUT2D eigenvalue weighted by molar-refractivity contribution is -0.156. The summed E-state index contributed by atoms with van der Waals surface area (Å²) in [4.78, 5) is 28.1. The van der Waals surface area contributed by atoms with Gasteiger partial charge in [-0.25, -0.2) is 0 Å². The van der Waals surface area contributed by atoms with E-state index in [0.717, 1.165) is 19.3 Å². The van der Waals surface area contributed by atoms with Gasteiger partial charge in [0.25, 0.3) is 0 Å². The summed E-state index contributed by atoms with van der Waals surface area (Å²) in [6.07, 6.45) is 4.49. The summed E-state index contributed by atoms with van der Waals surface area (Å²) in [7, 11) is 1.67. The Labute approximate surface area is 122 Å². The maximum atomic E-state index is 12.9. The fourth-order valence-corrected chi connectivity index (χ4v) is 3.23. The van der Waals surface area contributed by atoms with Gasteiger partial charge in [0.05, 0.1) is 13.6 Å². The smallest absolute Gasteiger partial charge is 0.249 e. The number of rotatable bonds is 2. The number of amides is 2. The summed E-state index contributed by atoms with van der Waals surface area (Å²) < 4.78 is 0. The number of hydrogen-bond acceptors (Lipinski definition) is 5. The van der Waals surface area contributed by atoms with Crippen molar-refractivity contribution in [1.29, 1.82) is 0 Å². The second-order valence-electron chi connectivity index (χ2n) is 5.94. The topological polar surface area (TPSA) is 93.0 Å². The van der Waals surface area contributed by atoms with E-state index in [9.17, 15) is 9.59 Å². The van der Waals surface area contributed by atoms with Crippen LogP contribution in [0.1, 0.15) is 44.9 Å². The van der Waals surface area contributed by atoms with Crippen LogP contribution in [0.2, 0.25) is 0 Å². The van der Waals surface area contributed by atoms with Gasteiger partial charge in [-0.1, -0.05) is 19.3 Å². The SMILES string of the molecule is CC1C(=O)NC2(CCCCC2)C(=O)N1Cc1nnn(C)n1. The summed E-state index contributed by atoms with van der Waals surface area (Å²) in [5.74, 6) is 0.348. The van der Waals surface area contributed by atoms with Crippen LogP contribution in [0, 0.1) is 0 Å². The van der Waals surface area contributed by atoms with Crippen LogP contribution in [0.25, 0.3) is 0 Å². The highest BCUT2D eigenvalue weighted by Crippen LogP contribution is 2.33. The van der Waals surface area contributed by atoms with Gasteiger partial charge in [0.2, 0.25) is 11.8 Å². The summed E-state index contributed by atoms with van der Waals surface area (Å²) in [6, 6.07) is -0.506. The maximum Gasteiger partial charge on any atom is 0.249 e. The molecule has 3 rings (SSSR count). The number of piperazine rings is 1. The molecule has 1 aromatic heterocycles. The Hall–Kier alpha value is -1.99. The quantitative estimate of drug-likeness (QED) is 0.812. The largest absolute Gasteiger partial charge is 0.340 e. The maximum absolute atomic E-state index is 12.9. The van der Waals surface area contributed by atoms with E-state index in [1.165, 1.54) is 4.80 Å². The Balaban J connectivity index is 1.86. The van der Waals surface area contributed by atoms with Crippen molar-refractivity contribution < 1.29 is 9.59 Å². The molecule has 1 aliphatic carbocycles. The Bertz CT molecular complexity index is 563. The van der Waals surface area contributed by atoms with Crippen molar-refractivity contribution in [2.24, 2.45) is 7.05 Å². The van der Waals surface area contributed by atoms with E-state index in [4.69, 9.17) is 0 Å². The predicted molar refractivity (Wildman–Crippen MR) is 72.8 cm³/mol. The Morgan fingerprint density at radius 3 is 2.62 bits per heavy atom. The Morgan fingerprint density at radius 1 is 1.29 bits per heavy atom. The van der Waals surface area contributed by atoms with E-state index in [1.807, 2.05) is 0 Å². The third-order valence-electron chi connectivity index (χ3n) is 4.45. The molecule has 2 fully saturated rings. The molecule has 0 radical (unpaired) electrons. The lowest BCUT2D eigenvalue weighted by atomic mass is 9.78. The first-order valence-corrected chi connectivity index (χ1v) is 7.38. The van der Waals surface area contributed by atoms with E-state index < -0.39 is 11.6 Å². The van der Waals surface area contributed by atoms with Gasteiger partial charge >= 0.3 is 0 Å². The lowest BCUT2D eigenvalue weighted by Gasteiger charge is -2.46. The van der Waals surface area contributed by atoms with Crippen molar-refractivity contribution in [3.05, 3.63) is 5.82 Å². The molecular formula is C13H20N6O2. The highest BCUT2D eigenvalue weighted by atomic mass is 16.2. The van der Waals surface area contributed by atoms with Gasteiger partial charge in [-0.05, 0) is 25.0 Å². The molecular weight excluding hydrogens is 272 g/mol. The van der Waals surface area contributed by atoms with Gasteiger partial charge in [0, 0.05) is 0 Å². The molecule has 2 heterocycles. The number of carbonyl (C=O) groups is 2. The highest BCUT2D eigenvalue weighted by molar-refractivity contribution is 5.99. The van der Waals surface area contributed by atoms with Gasteiger partial charge in [-0.15, -0.1) is 10.2 Å². The minimum atomic E-state index is -0.718. The van der Waals surface area contributed by atoms with Gasteiger partial charge in [-0.2, -0.15) is 4.80 Å². The number of nitrogens with zero attached hydrogens (tertiary/aromatic N) is 5. The zero-order valence-corrected chi connectivity index (χ0v) is 12.4. The number of aryl methyl sites for hydroxylation is 1. The first-order chi connectivity index (χ1) is 10.0. The van der Waals surface area contributed by atoms with Crippen molar-refractivity contribution in [2.75, 3.05) is 0 Å². The molecule has 114 valence electrons. The van der Waals surface area contributed by atoms with Crippen molar-refractivity contribution in [1.82, 2.24) is 30.4 Å². The molecule has 8 heteroatoms. The number of carbonyl (C=O) groups excluding carboxylic acids is 2. The minimum absolute atomic E-state index is 0.0123. The first-order valence-electron chi connectivity index (χ1n) is 7.38. The Kier molecular flexibility index (Phi) is 3.38. The van der Waals surface area contributed by atoms with Crippen LogP contribution in [0.5, 0.6) is 0 Å². The molecule has 1 N–H and O–H groups in total. The van der Waals surface area contributed by atoms with Gasteiger partial charge < -0.3 is 10.2 Å². The molecule has 2 amide bonds. The van der Waals surface area contributed by atoms with Gasteiger partial charge in [0.15, 0.2) is 5.82 Å². The summed E-state index contributed by atoms with van der Waals surface area (Å²) in [5.41, 5.74) is -0.718. The van der Waals surface area contributed by atoms with Crippen LogP contribution >= 0.6 is 0 Å². The standard InChI is InChI=1S/C13H20N6O2/c1-9-11(20)14-13(6-4-3-5-7-13)12(21)19(9)8-10-15-17-18(2)16-10/h9H,3-8H2,1-2H3,(H,14,20). The average Bonchev–Trinajstić information content (AvgIpc) is 2.88. The number of aromatic nitrogens is 4. The normalized spacial score (nSPS) is 25.2. The van der Waals surface area contributed by atoms with E-state index in [-0.39, 0.29) is 18.4 Å². The van der Waals surface area contributed by atoms with Crippen LogP contribution < -0.4 is 5.32 Å². The van der Waals surface area contributed by atoms with Crippen molar-refractivity contribution in [2.45, 2.75) is 57.2 Å². The van der Waals surface area contributed by atoms with Crippen molar-refractivity contribution in [3.8, 4) is 0 Å². The van der Waals surface area contributed by atoms with Gasteiger partial charge in [-0.3, -0.25) is 9.59 Å². The van der Waals surface area contributed by atoms with Crippen LogP contribution in [0.4, 0.5) is 0 Å². The molecule has 2 aliphatic rings. The van der Waals surface area contributed by atoms with Crippen LogP contribution in [0.3, 0.4) is 0 Å². The molecule has 21 heavy (non-hydrogen) atoms. The molecule has 0 aromatic carbocycles.